The van der Waals surface area contributed by atoms with Crippen molar-refractivity contribution >= 4 is 0 Å². The van der Waals surface area contributed by atoms with E-state index in [1.54, 1.807) is 6.20 Å². The second kappa shape index (κ2) is 5.26. The number of benzene rings is 1. The van der Waals surface area contributed by atoms with Crippen LogP contribution in [0.25, 0.3) is 11.4 Å². The van der Waals surface area contributed by atoms with E-state index in [1.165, 1.54) is 5.56 Å². The molecule has 2 N–H and O–H groups in total. The standard InChI is InChI=1S/C14H15N5O/c1-19-7-6-16-12(19)8-10-2-4-11(5-3-10)14-17-13(9-15)20-18-14/h2-7H,8-9,15H2,1H3. The predicted octanol–water partition coefficient (Wildman–Crippen LogP) is 1.52. The maximum atomic E-state index is 5.45. The number of aromatic nitrogens is 4. The Kier molecular flexibility index (Phi) is 3.30. The summed E-state index contributed by atoms with van der Waals surface area (Å²) >= 11 is 0. The fourth-order valence-electron chi connectivity index (χ4n) is 1.98. The van der Waals surface area contributed by atoms with E-state index >= 15 is 0 Å². The third kappa shape index (κ3) is 2.46. The van der Waals surface area contributed by atoms with E-state index in [0.29, 0.717) is 11.7 Å². The minimum Gasteiger partial charge on any atom is -0.338 e. The SMILES string of the molecule is Cn1ccnc1Cc1ccc(-c2noc(CN)n2)cc1. The Bertz CT molecular complexity index is 698. The molecular formula is C14H15N5O. The minimum atomic E-state index is 0.254. The zero-order chi connectivity index (χ0) is 13.9. The largest absolute Gasteiger partial charge is 0.338 e. The van der Waals surface area contributed by atoms with Gasteiger partial charge in [0.2, 0.25) is 11.7 Å². The summed E-state index contributed by atoms with van der Waals surface area (Å²) in [4.78, 5) is 8.51. The zero-order valence-electron chi connectivity index (χ0n) is 11.2. The average Bonchev–Trinajstić information content (AvgIpc) is 3.10. The van der Waals surface area contributed by atoms with Crippen LogP contribution < -0.4 is 5.73 Å². The van der Waals surface area contributed by atoms with Crippen molar-refractivity contribution in [1.82, 2.24) is 19.7 Å². The molecule has 0 unspecified atom stereocenters. The van der Waals surface area contributed by atoms with Gasteiger partial charge in [0.05, 0.1) is 6.54 Å². The molecule has 1 aromatic carbocycles. The summed E-state index contributed by atoms with van der Waals surface area (Å²) in [5, 5.41) is 3.89. The highest BCUT2D eigenvalue weighted by molar-refractivity contribution is 5.54. The van der Waals surface area contributed by atoms with Gasteiger partial charge in [-0.25, -0.2) is 4.98 Å². The van der Waals surface area contributed by atoms with Crippen molar-refractivity contribution in [2.24, 2.45) is 12.8 Å². The van der Waals surface area contributed by atoms with Crippen molar-refractivity contribution in [3.63, 3.8) is 0 Å². The fraction of sp³-hybridized carbons (Fsp3) is 0.214. The van der Waals surface area contributed by atoms with E-state index < -0.39 is 0 Å². The van der Waals surface area contributed by atoms with Gasteiger partial charge < -0.3 is 14.8 Å². The number of nitrogens with two attached hydrogens (primary N) is 1. The molecule has 20 heavy (non-hydrogen) atoms. The molecule has 6 heteroatoms. The van der Waals surface area contributed by atoms with Crippen LogP contribution in [0.15, 0.2) is 41.2 Å². The van der Waals surface area contributed by atoms with Gasteiger partial charge in [-0.2, -0.15) is 4.98 Å². The van der Waals surface area contributed by atoms with Gasteiger partial charge in [0.25, 0.3) is 0 Å². The Morgan fingerprint density at radius 2 is 2.05 bits per heavy atom. The maximum absolute atomic E-state index is 5.45. The van der Waals surface area contributed by atoms with Crippen LogP contribution in [-0.4, -0.2) is 19.7 Å². The molecule has 0 spiro atoms. The summed E-state index contributed by atoms with van der Waals surface area (Å²) in [7, 11) is 1.99. The van der Waals surface area contributed by atoms with E-state index in [2.05, 4.69) is 15.1 Å². The first kappa shape index (κ1) is 12.6. The van der Waals surface area contributed by atoms with Crippen molar-refractivity contribution in [1.29, 1.82) is 0 Å². The monoisotopic (exact) mass is 269 g/mol. The lowest BCUT2D eigenvalue weighted by atomic mass is 10.1. The van der Waals surface area contributed by atoms with Crippen molar-refractivity contribution in [2.75, 3.05) is 0 Å². The smallest absolute Gasteiger partial charge is 0.240 e. The van der Waals surface area contributed by atoms with Crippen LogP contribution in [0.3, 0.4) is 0 Å². The number of hydrogen-bond acceptors (Lipinski definition) is 5. The van der Waals surface area contributed by atoms with Crippen molar-refractivity contribution in [2.45, 2.75) is 13.0 Å². The van der Waals surface area contributed by atoms with Crippen molar-refractivity contribution in [3.05, 3.63) is 53.9 Å². The number of nitrogens with zero attached hydrogens (tertiary/aromatic N) is 4. The summed E-state index contributed by atoms with van der Waals surface area (Å²) < 4.78 is 7.01. The highest BCUT2D eigenvalue weighted by Crippen LogP contribution is 2.17. The highest BCUT2D eigenvalue weighted by Gasteiger charge is 2.07. The first-order chi connectivity index (χ1) is 9.76. The van der Waals surface area contributed by atoms with Crippen LogP contribution in [0.1, 0.15) is 17.3 Å². The molecule has 0 amide bonds. The fourth-order valence-corrected chi connectivity index (χ4v) is 1.98. The summed E-state index contributed by atoms with van der Waals surface area (Å²) in [6.07, 6.45) is 4.54. The molecule has 0 fully saturated rings. The third-order valence-corrected chi connectivity index (χ3v) is 3.14. The first-order valence-corrected chi connectivity index (χ1v) is 6.34. The average molecular weight is 269 g/mol. The van der Waals surface area contributed by atoms with Gasteiger partial charge in [-0.05, 0) is 5.56 Å². The molecule has 0 aliphatic rings. The van der Waals surface area contributed by atoms with Gasteiger partial charge >= 0.3 is 0 Å². The first-order valence-electron chi connectivity index (χ1n) is 6.34. The molecular weight excluding hydrogens is 254 g/mol. The molecule has 3 rings (SSSR count). The number of hydrogen-bond donors (Lipinski definition) is 1. The Morgan fingerprint density at radius 1 is 1.25 bits per heavy atom. The molecule has 0 atom stereocenters. The highest BCUT2D eigenvalue weighted by atomic mass is 16.5. The van der Waals surface area contributed by atoms with Gasteiger partial charge in [-0.3, -0.25) is 0 Å². The molecule has 2 aromatic heterocycles. The zero-order valence-corrected chi connectivity index (χ0v) is 11.2. The second-order valence-electron chi connectivity index (χ2n) is 4.54. The summed E-state index contributed by atoms with van der Waals surface area (Å²) in [6, 6.07) is 8.04. The van der Waals surface area contributed by atoms with Crippen molar-refractivity contribution < 1.29 is 4.52 Å². The minimum absolute atomic E-state index is 0.254. The van der Waals surface area contributed by atoms with Crippen molar-refractivity contribution in [3.8, 4) is 11.4 Å². The van der Waals surface area contributed by atoms with Crippen LogP contribution >= 0.6 is 0 Å². The van der Waals surface area contributed by atoms with Gasteiger partial charge in [-0.1, -0.05) is 29.4 Å². The summed E-state index contributed by atoms with van der Waals surface area (Å²) in [6.45, 7) is 0.254. The molecule has 0 aliphatic heterocycles. The normalized spacial score (nSPS) is 10.9. The van der Waals surface area contributed by atoms with Crippen LogP contribution in [0.2, 0.25) is 0 Å². The lowest BCUT2D eigenvalue weighted by molar-refractivity contribution is 0.380. The molecule has 0 saturated carbocycles. The van der Waals surface area contributed by atoms with Gasteiger partial charge in [0, 0.05) is 31.4 Å². The Hall–Kier alpha value is -2.47. The van der Waals surface area contributed by atoms with Crippen LogP contribution in [0.5, 0.6) is 0 Å². The second-order valence-corrected chi connectivity index (χ2v) is 4.54. The van der Waals surface area contributed by atoms with E-state index in [4.69, 9.17) is 10.3 Å². The Morgan fingerprint density at radius 3 is 2.65 bits per heavy atom. The third-order valence-electron chi connectivity index (χ3n) is 3.14. The van der Waals surface area contributed by atoms with Crippen LogP contribution in [0.4, 0.5) is 0 Å². The van der Waals surface area contributed by atoms with Crippen LogP contribution in [-0.2, 0) is 20.0 Å². The maximum Gasteiger partial charge on any atom is 0.240 e. The van der Waals surface area contributed by atoms with Gasteiger partial charge in [0.1, 0.15) is 5.82 Å². The Balaban J connectivity index is 1.79. The van der Waals surface area contributed by atoms with Gasteiger partial charge in [0.15, 0.2) is 0 Å². The topological polar surface area (TPSA) is 82.8 Å². The van der Waals surface area contributed by atoms with E-state index in [-0.39, 0.29) is 6.54 Å². The lowest BCUT2D eigenvalue weighted by Gasteiger charge is -2.02. The molecule has 0 saturated heterocycles. The van der Waals surface area contributed by atoms with E-state index in [1.807, 2.05) is 42.1 Å². The Labute approximate surface area is 116 Å². The van der Waals surface area contributed by atoms with Gasteiger partial charge in [-0.15, -0.1) is 0 Å². The van der Waals surface area contributed by atoms with E-state index in [9.17, 15) is 0 Å². The van der Waals surface area contributed by atoms with Crippen LogP contribution in [0, 0.1) is 0 Å². The quantitative estimate of drug-likeness (QED) is 0.776. The lowest BCUT2D eigenvalue weighted by Crippen LogP contribution is -1.98. The molecule has 102 valence electrons. The number of aryl methyl sites for hydroxylation is 1. The molecule has 0 aliphatic carbocycles. The molecule has 0 bridgehead atoms. The summed E-state index contributed by atoms with van der Waals surface area (Å²) in [5.74, 6) is 2.04. The summed E-state index contributed by atoms with van der Waals surface area (Å²) in [5.41, 5.74) is 7.55. The molecule has 3 aromatic rings. The predicted molar refractivity (Wildman–Crippen MR) is 73.6 cm³/mol. The number of rotatable bonds is 4. The molecule has 0 radical (unpaired) electrons. The number of imidazole rings is 1. The molecule has 2 heterocycles. The molecule has 6 nitrogen and oxygen atoms in total. The van der Waals surface area contributed by atoms with E-state index in [0.717, 1.165) is 17.8 Å².